The van der Waals surface area contributed by atoms with Crippen molar-refractivity contribution in [1.82, 2.24) is 5.32 Å². The van der Waals surface area contributed by atoms with Gasteiger partial charge in [0, 0.05) is 18.9 Å². The Hall–Kier alpha value is -1.95. The molecule has 0 saturated carbocycles. The lowest BCUT2D eigenvalue weighted by Crippen LogP contribution is -2.44. The van der Waals surface area contributed by atoms with Gasteiger partial charge in [-0.3, -0.25) is 4.79 Å². The fourth-order valence-electron chi connectivity index (χ4n) is 2.26. The SMILES string of the molecule is CC(CCc1cccc(F)c1)C(=O)NC(CCOC(C)(C)C)C(=O)O. The van der Waals surface area contributed by atoms with Crippen molar-refractivity contribution >= 4 is 11.9 Å². The molecule has 140 valence electrons. The molecule has 1 aromatic rings. The second-order valence-electron chi connectivity index (χ2n) is 7.22. The monoisotopic (exact) mass is 353 g/mol. The highest BCUT2D eigenvalue weighted by Gasteiger charge is 2.23. The Morgan fingerprint density at radius 2 is 1.96 bits per heavy atom. The molecule has 0 saturated heterocycles. The zero-order chi connectivity index (χ0) is 19.0. The summed E-state index contributed by atoms with van der Waals surface area (Å²) in [6.45, 7) is 7.64. The van der Waals surface area contributed by atoms with E-state index < -0.39 is 12.0 Å². The van der Waals surface area contributed by atoms with Gasteiger partial charge in [-0.15, -0.1) is 0 Å². The maximum absolute atomic E-state index is 13.2. The van der Waals surface area contributed by atoms with Crippen LogP contribution in [-0.4, -0.2) is 35.2 Å². The predicted molar refractivity (Wildman–Crippen MR) is 93.8 cm³/mol. The highest BCUT2D eigenvalue weighted by atomic mass is 19.1. The second kappa shape index (κ2) is 9.51. The largest absolute Gasteiger partial charge is 0.480 e. The molecule has 0 aliphatic carbocycles. The van der Waals surface area contributed by atoms with Gasteiger partial charge in [0.05, 0.1) is 5.60 Å². The molecule has 1 aromatic carbocycles. The summed E-state index contributed by atoms with van der Waals surface area (Å²) < 4.78 is 18.7. The molecular formula is C19H28FNO4. The predicted octanol–water partition coefficient (Wildman–Crippen LogP) is 3.17. The van der Waals surface area contributed by atoms with Crippen LogP contribution < -0.4 is 5.32 Å². The Kier molecular flexibility index (Phi) is 8.03. The average Bonchev–Trinajstić information content (AvgIpc) is 2.50. The molecule has 25 heavy (non-hydrogen) atoms. The average molecular weight is 353 g/mol. The van der Waals surface area contributed by atoms with Gasteiger partial charge in [0.15, 0.2) is 0 Å². The van der Waals surface area contributed by atoms with Crippen LogP contribution >= 0.6 is 0 Å². The van der Waals surface area contributed by atoms with Crippen LogP contribution in [0.2, 0.25) is 0 Å². The number of halogens is 1. The minimum Gasteiger partial charge on any atom is -0.480 e. The van der Waals surface area contributed by atoms with E-state index in [1.807, 2.05) is 20.8 Å². The van der Waals surface area contributed by atoms with Gasteiger partial charge in [-0.2, -0.15) is 0 Å². The Bertz CT molecular complexity index is 583. The van der Waals surface area contributed by atoms with E-state index in [-0.39, 0.29) is 36.3 Å². The van der Waals surface area contributed by atoms with Crippen LogP contribution in [-0.2, 0) is 20.7 Å². The number of carboxylic acids is 1. The van der Waals surface area contributed by atoms with Crippen molar-refractivity contribution in [2.45, 2.75) is 58.6 Å². The number of carboxylic acid groups (broad SMARTS) is 1. The molecule has 2 unspecified atom stereocenters. The van der Waals surface area contributed by atoms with Crippen LogP contribution in [0.1, 0.15) is 46.1 Å². The highest BCUT2D eigenvalue weighted by Crippen LogP contribution is 2.12. The van der Waals surface area contributed by atoms with Crippen molar-refractivity contribution in [2.75, 3.05) is 6.61 Å². The van der Waals surface area contributed by atoms with Gasteiger partial charge in [0.2, 0.25) is 5.91 Å². The summed E-state index contributed by atoms with van der Waals surface area (Å²) >= 11 is 0. The number of nitrogens with one attached hydrogen (secondary N) is 1. The summed E-state index contributed by atoms with van der Waals surface area (Å²) in [5, 5.41) is 11.8. The van der Waals surface area contributed by atoms with Crippen LogP contribution in [0, 0.1) is 11.7 Å². The molecule has 0 radical (unpaired) electrons. The lowest BCUT2D eigenvalue weighted by atomic mass is 10.00. The number of benzene rings is 1. The first-order valence-electron chi connectivity index (χ1n) is 8.50. The van der Waals surface area contributed by atoms with Gasteiger partial charge < -0.3 is 15.2 Å². The van der Waals surface area contributed by atoms with Crippen LogP contribution in [0.4, 0.5) is 4.39 Å². The molecule has 6 heteroatoms. The van der Waals surface area contributed by atoms with E-state index in [4.69, 9.17) is 4.74 Å². The topological polar surface area (TPSA) is 75.6 Å². The summed E-state index contributed by atoms with van der Waals surface area (Å²) in [4.78, 5) is 23.5. The van der Waals surface area contributed by atoms with Crippen LogP contribution in [0.5, 0.6) is 0 Å². The molecule has 0 bridgehead atoms. The van der Waals surface area contributed by atoms with Crippen molar-refractivity contribution in [2.24, 2.45) is 5.92 Å². The van der Waals surface area contributed by atoms with Crippen LogP contribution in [0.3, 0.4) is 0 Å². The number of ether oxygens (including phenoxy) is 1. The number of rotatable bonds is 9. The normalized spacial score (nSPS) is 14.0. The van der Waals surface area contributed by atoms with Crippen molar-refractivity contribution in [3.63, 3.8) is 0 Å². The number of amides is 1. The third-order valence-corrected chi connectivity index (χ3v) is 3.76. The van der Waals surface area contributed by atoms with E-state index in [9.17, 15) is 19.1 Å². The second-order valence-corrected chi connectivity index (χ2v) is 7.22. The molecule has 0 spiro atoms. The molecule has 0 heterocycles. The minimum atomic E-state index is -1.08. The zero-order valence-electron chi connectivity index (χ0n) is 15.3. The Labute approximate surface area is 148 Å². The lowest BCUT2D eigenvalue weighted by molar-refractivity contribution is -0.143. The molecule has 0 aliphatic heterocycles. The first-order valence-corrected chi connectivity index (χ1v) is 8.50. The molecule has 0 aliphatic rings. The van der Waals surface area contributed by atoms with Gasteiger partial charge in [0.25, 0.3) is 0 Å². The number of aliphatic carboxylic acids is 1. The van der Waals surface area contributed by atoms with Gasteiger partial charge in [-0.05, 0) is 51.3 Å². The Morgan fingerprint density at radius 3 is 2.52 bits per heavy atom. The molecular weight excluding hydrogens is 325 g/mol. The van der Waals surface area contributed by atoms with E-state index >= 15 is 0 Å². The molecule has 1 rings (SSSR count). The van der Waals surface area contributed by atoms with E-state index in [0.717, 1.165) is 5.56 Å². The molecule has 2 atom stereocenters. The number of carbonyl (C=O) groups excluding carboxylic acids is 1. The molecule has 0 aromatic heterocycles. The fraction of sp³-hybridized carbons (Fsp3) is 0.579. The third kappa shape index (κ3) is 8.63. The standard InChI is InChI=1S/C19H28FNO4/c1-13(8-9-14-6-5-7-15(20)12-14)17(22)21-16(18(23)24)10-11-25-19(2,3)4/h5-7,12-13,16H,8-11H2,1-4H3,(H,21,22)(H,23,24). The van der Waals surface area contributed by atoms with Gasteiger partial charge in [-0.1, -0.05) is 19.1 Å². The molecule has 2 N–H and O–H groups in total. The molecule has 0 fully saturated rings. The van der Waals surface area contributed by atoms with Crippen molar-refractivity contribution in [1.29, 1.82) is 0 Å². The van der Waals surface area contributed by atoms with E-state index in [1.165, 1.54) is 12.1 Å². The van der Waals surface area contributed by atoms with Gasteiger partial charge in [-0.25, -0.2) is 9.18 Å². The van der Waals surface area contributed by atoms with E-state index in [2.05, 4.69) is 5.32 Å². The Balaban J connectivity index is 2.48. The highest BCUT2D eigenvalue weighted by molar-refractivity contribution is 5.84. The number of aryl methyl sites for hydroxylation is 1. The smallest absolute Gasteiger partial charge is 0.326 e. The number of hydrogen-bond acceptors (Lipinski definition) is 3. The third-order valence-electron chi connectivity index (χ3n) is 3.76. The van der Waals surface area contributed by atoms with Crippen LogP contribution in [0.25, 0.3) is 0 Å². The van der Waals surface area contributed by atoms with Crippen molar-refractivity contribution in [3.05, 3.63) is 35.6 Å². The minimum absolute atomic E-state index is 0.203. The quantitative estimate of drug-likeness (QED) is 0.715. The first-order chi connectivity index (χ1) is 11.6. The maximum atomic E-state index is 13.2. The summed E-state index contributed by atoms with van der Waals surface area (Å²) in [6.07, 6.45) is 1.27. The van der Waals surface area contributed by atoms with Crippen LogP contribution in [0.15, 0.2) is 24.3 Å². The maximum Gasteiger partial charge on any atom is 0.326 e. The summed E-state index contributed by atoms with van der Waals surface area (Å²) in [7, 11) is 0. The summed E-state index contributed by atoms with van der Waals surface area (Å²) in [5.74, 6) is -2.07. The van der Waals surface area contributed by atoms with Crippen molar-refractivity contribution in [3.8, 4) is 0 Å². The Morgan fingerprint density at radius 1 is 1.28 bits per heavy atom. The van der Waals surface area contributed by atoms with Gasteiger partial charge in [0.1, 0.15) is 11.9 Å². The lowest BCUT2D eigenvalue weighted by Gasteiger charge is -2.22. The first kappa shape index (κ1) is 21.1. The molecule has 5 nitrogen and oxygen atoms in total. The van der Waals surface area contributed by atoms with Crippen molar-refractivity contribution < 1.29 is 23.8 Å². The van der Waals surface area contributed by atoms with E-state index in [1.54, 1.807) is 19.1 Å². The fourth-order valence-corrected chi connectivity index (χ4v) is 2.26. The van der Waals surface area contributed by atoms with Gasteiger partial charge >= 0.3 is 5.97 Å². The summed E-state index contributed by atoms with van der Waals surface area (Å²) in [5.41, 5.74) is 0.457. The summed E-state index contributed by atoms with van der Waals surface area (Å²) in [6, 6.07) is 5.26. The number of hydrogen-bond donors (Lipinski definition) is 2. The number of carbonyl (C=O) groups is 2. The van der Waals surface area contributed by atoms with E-state index in [0.29, 0.717) is 12.8 Å². The molecule has 1 amide bonds. The zero-order valence-corrected chi connectivity index (χ0v) is 15.3.